The summed E-state index contributed by atoms with van der Waals surface area (Å²) in [5.41, 5.74) is 0. The zero-order valence-electron chi connectivity index (χ0n) is 8.22. The Kier molecular flexibility index (Phi) is 3.01. The molecule has 0 atom stereocenters. The molecular formula is C12H9BrO3. The summed E-state index contributed by atoms with van der Waals surface area (Å²) >= 11 is 3.29. The van der Waals surface area contributed by atoms with E-state index in [1.807, 2.05) is 0 Å². The van der Waals surface area contributed by atoms with Crippen molar-refractivity contribution in [2.24, 2.45) is 0 Å². The summed E-state index contributed by atoms with van der Waals surface area (Å²) in [5, 5.41) is 18.7. The molecule has 0 heterocycles. The van der Waals surface area contributed by atoms with Gasteiger partial charge in [-0.05, 0) is 42.5 Å². The molecule has 0 aromatic heterocycles. The SMILES string of the molecule is Oc1ccc(Oc2cc(Br)ccc2O)cc1. The maximum Gasteiger partial charge on any atom is 0.170 e. The van der Waals surface area contributed by atoms with Gasteiger partial charge in [-0.15, -0.1) is 0 Å². The standard InChI is InChI=1S/C12H9BrO3/c13-8-1-6-11(15)12(7-8)16-10-4-2-9(14)3-5-10/h1-7,14-15H. The first-order valence-corrected chi connectivity index (χ1v) is 5.40. The first-order valence-electron chi connectivity index (χ1n) is 4.60. The molecule has 0 aliphatic heterocycles. The predicted octanol–water partition coefficient (Wildman–Crippen LogP) is 3.65. The molecular weight excluding hydrogens is 272 g/mol. The van der Waals surface area contributed by atoms with Crippen LogP contribution in [0.2, 0.25) is 0 Å². The number of aromatic hydroxyl groups is 2. The molecule has 0 aliphatic rings. The molecule has 0 bridgehead atoms. The van der Waals surface area contributed by atoms with Crippen LogP contribution in [0.25, 0.3) is 0 Å². The van der Waals surface area contributed by atoms with E-state index in [9.17, 15) is 5.11 Å². The molecule has 82 valence electrons. The van der Waals surface area contributed by atoms with Gasteiger partial charge in [0, 0.05) is 4.47 Å². The molecule has 0 saturated heterocycles. The second kappa shape index (κ2) is 4.45. The van der Waals surface area contributed by atoms with Crippen LogP contribution < -0.4 is 4.74 Å². The van der Waals surface area contributed by atoms with Gasteiger partial charge in [0.05, 0.1) is 0 Å². The van der Waals surface area contributed by atoms with E-state index in [0.717, 1.165) is 4.47 Å². The fraction of sp³-hybridized carbons (Fsp3) is 0. The van der Waals surface area contributed by atoms with Crippen molar-refractivity contribution < 1.29 is 14.9 Å². The van der Waals surface area contributed by atoms with Crippen molar-refractivity contribution in [1.82, 2.24) is 0 Å². The maximum atomic E-state index is 9.56. The molecule has 2 N–H and O–H groups in total. The molecule has 4 heteroatoms. The first kappa shape index (κ1) is 10.8. The highest BCUT2D eigenvalue weighted by Gasteiger charge is 2.04. The maximum absolute atomic E-state index is 9.56. The number of phenols is 2. The summed E-state index contributed by atoms with van der Waals surface area (Å²) in [5.74, 6) is 1.15. The van der Waals surface area contributed by atoms with Gasteiger partial charge in [0.15, 0.2) is 11.5 Å². The first-order chi connectivity index (χ1) is 7.65. The van der Waals surface area contributed by atoms with Crippen LogP contribution in [0.5, 0.6) is 23.0 Å². The molecule has 0 saturated carbocycles. The minimum Gasteiger partial charge on any atom is -0.508 e. The molecule has 0 spiro atoms. The lowest BCUT2D eigenvalue weighted by molar-refractivity contribution is 0.410. The van der Waals surface area contributed by atoms with Crippen molar-refractivity contribution in [3.05, 3.63) is 46.9 Å². The lowest BCUT2D eigenvalue weighted by atomic mass is 10.3. The number of halogens is 1. The summed E-state index contributed by atoms with van der Waals surface area (Å²) < 4.78 is 6.27. The third kappa shape index (κ3) is 2.46. The van der Waals surface area contributed by atoms with E-state index >= 15 is 0 Å². The number of rotatable bonds is 2. The summed E-state index contributed by atoms with van der Waals surface area (Å²) in [6, 6.07) is 11.2. The van der Waals surface area contributed by atoms with Crippen LogP contribution in [-0.2, 0) is 0 Å². The minimum absolute atomic E-state index is 0.0660. The summed E-state index contributed by atoms with van der Waals surface area (Å²) in [6.45, 7) is 0. The van der Waals surface area contributed by atoms with E-state index in [4.69, 9.17) is 9.84 Å². The molecule has 16 heavy (non-hydrogen) atoms. The van der Waals surface area contributed by atoms with Gasteiger partial charge in [0.2, 0.25) is 0 Å². The molecule has 0 unspecified atom stereocenters. The largest absolute Gasteiger partial charge is 0.508 e. The highest BCUT2D eigenvalue weighted by molar-refractivity contribution is 9.10. The van der Waals surface area contributed by atoms with Gasteiger partial charge in [0.25, 0.3) is 0 Å². The predicted molar refractivity (Wildman–Crippen MR) is 64.0 cm³/mol. The summed E-state index contributed by atoms with van der Waals surface area (Å²) in [6.07, 6.45) is 0. The molecule has 2 rings (SSSR count). The fourth-order valence-corrected chi connectivity index (χ4v) is 1.55. The molecule has 2 aromatic rings. The Labute approximate surface area is 101 Å². The van der Waals surface area contributed by atoms with Crippen molar-refractivity contribution in [2.75, 3.05) is 0 Å². The van der Waals surface area contributed by atoms with E-state index < -0.39 is 0 Å². The van der Waals surface area contributed by atoms with Gasteiger partial charge in [-0.3, -0.25) is 0 Å². The zero-order chi connectivity index (χ0) is 11.5. The molecule has 0 aliphatic carbocycles. The average molecular weight is 281 g/mol. The number of hydrogen-bond acceptors (Lipinski definition) is 3. The van der Waals surface area contributed by atoms with Gasteiger partial charge < -0.3 is 14.9 Å². The van der Waals surface area contributed by atoms with Gasteiger partial charge in [-0.25, -0.2) is 0 Å². The van der Waals surface area contributed by atoms with Gasteiger partial charge in [0.1, 0.15) is 11.5 Å². The van der Waals surface area contributed by atoms with Crippen LogP contribution in [-0.4, -0.2) is 10.2 Å². The van der Waals surface area contributed by atoms with Gasteiger partial charge in [-0.1, -0.05) is 15.9 Å². The van der Waals surface area contributed by atoms with E-state index in [-0.39, 0.29) is 11.5 Å². The Bertz CT molecular complexity index is 494. The van der Waals surface area contributed by atoms with E-state index in [2.05, 4.69) is 15.9 Å². The second-order valence-electron chi connectivity index (χ2n) is 3.21. The molecule has 2 aromatic carbocycles. The zero-order valence-corrected chi connectivity index (χ0v) is 9.81. The quantitative estimate of drug-likeness (QED) is 0.883. The molecule has 0 amide bonds. The van der Waals surface area contributed by atoms with Crippen molar-refractivity contribution in [3.8, 4) is 23.0 Å². The third-order valence-electron chi connectivity index (χ3n) is 1.99. The molecule has 0 radical (unpaired) electrons. The van der Waals surface area contributed by atoms with E-state index in [0.29, 0.717) is 11.5 Å². The van der Waals surface area contributed by atoms with Crippen molar-refractivity contribution in [3.63, 3.8) is 0 Å². The fourth-order valence-electron chi connectivity index (χ4n) is 1.21. The Hall–Kier alpha value is -1.68. The van der Waals surface area contributed by atoms with E-state index in [1.54, 1.807) is 30.3 Å². The highest BCUT2D eigenvalue weighted by atomic mass is 79.9. The van der Waals surface area contributed by atoms with Crippen molar-refractivity contribution in [1.29, 1.82) is 0 Å². The third-order valence-corrected chi connectivity index (χ3v) is 2.48. The van der Waals surface area contributed by atoms with Crippen LogP contribution in [0.4, 0.5) is 0 Å². The Morgan fingerprint density at radius 1 is 0.938 bits per heavy atom. The van der Waals surface area contributed by atoms with Crippen LogP contribution >= 0.6 is 15.9 Å². The van der Waals surface area contributed by atoms with Crippen LogP contribution in [0, 0.1) is 0 Å². The Balaban J connectivity index is 2.26. The normalized spacial score (nSPS) is 10.1. The van der Waals surface area contributed by atoms with Gasteiger partial charge >= 0.3 is 0 Å². The Morgan fingerprint density at radius 3 is 2.31 bits per heavy atom. The van der Waals surface area contributed by atoms with Gasteiger partial charge in [-0.2, -0.15) is 0 Å². The molecule has 0 fully saturated rings. The lowest BCUT2D eigenvalue weighted by Crippen LogP contribution is -1.84. The topological polar surface area (TPSA) is 49.7 Å². The number of ether oxygens (including phenoxy) is 1. The van der Waals surface area contributed by atoms with E-state index in [1.165, 1.54) is 12.1 Å². The summed E-state index contributed by atoms with van der Waals surface area (Å²) in [7, 11) is 0. The number of benzene rings is 2. The number of hydrogen-bond donors (Lipinski definition) is 2. The molecule has 3 nitrogen and oxygen atoms in total. The van der Waals surface area contributed by atoms with Crippen LogP contribution in [0.15, 0.2) is 46.9 Å². The lowest BCUT2D eigenvalue weighted by Gasteiger charge is -2.07. The van der Waals surface area contributed by atoms with Crippen molar-refractivity contribution in [2.45, 2.75) is 0 Å². The average Bonchev–Trinajstić information content (AvgIpc) is 2.27. The number of phenolic OH excluding ortho intramolecular Hbond substituents is 2. The minimum atomic E-state index is 0.0660. The van der Waals surface area contributed by atoms with Crippen molar-refractivity contribution >= 4 is 15.9 Å². The second-order valence-corrected chi connectivity index (χ2v) is 4.12. The highest BCUT2D eigenvalue weighted by Crippen LogP contribution is 2.33. The van der Waals surface area contributed by atoms with Crippen LogP contribution in [0.3, 0.4) is 0 Å². The smallest absolute Gasteiger partial charge is 0.170 e. The summed E-state index contributed by atoms with van der Waals surface area (Å²) in [4.78, 5) is 0. The van der Waals surface area contributed by atoms with Crippen LogP contribution in [0.1, 0.15) is 0 Å². The Morgan fingerprint density at radius 2 is 1.62 bits per heavy atom. The monoisotopic (exact) mass is 280 g/mol.